The zero-order valence-electron chi connectivity index (χ0n) is 14.8. The van der Waals surface area contributed by atoms with Crippen molar-refractivity contribution >= 4 is 11.4 Å². The summed E-state index contributed by atoms with van der Waals surface area (Å²) in [5, 5.41) is 0. The van der Waals surface area contributed by atoms with Gasteiger partial charge < -0.3 is 14.0 Å². The number of rotatable bonds is 3. The monoisotopic (exact) mass is 350 g/mol. The molecule has 0 spiro atoms. The quantitative estimate of drug-likeness (QED) is 0.728. The number of hydrogen-bond donors (Lipinski definition) is 0. The van der Waals surface area contributed by atoms with Crippen molar-refractivity contribution in [3.8, 4) is 0 Å². The first kappa shape index (κ1) is 16.7. The van der Waals surface area contributed by atoms with Gasteiger partial charge in [0.05, 0.1) is 30.0 Å². The number of aryl methyl sites for hydroxylation is 1. The van der Waals surface area contributed by atoms with Crippen LogP contribution in [0.1, 0.15) is 21.7 Å². The molecule has 134 valence electrons. The highest BCUT2D eigenvalue weighted by Crippen LogP contribution is 2.18. The molecule has 0 radical (unpaired) electrons. The minimum Gasteiger partial charge on any atom is -0.379 e. The normalized spacial score (nSPS) is 18.0. The SMILES string of the molecule is Cc1ccc(C(=O)N2CCOCC(Cc3nccn4cccc34)C2)cn1. The number of nitrogens with zero attached hydrogens (tertiary/aromatic N) is 4. The zero-order valence-corrected chi connectivity index (χ0v) is 14.8. The van der Waals surface area contributed by atoms with Gasteiger partial charge in [-0.1, -0.05) is 0 Å². The number of pyridine rings is 1. The molecular weight excluding hydrogens is 328 g/mol. The Kier molecular flexibility index (Phi) is 4.67. The first-order chi connectivity index (χ1) is 12.7. The van der Waals surface area contributed by atoms with Gasteiger partial charge in [-0.25, -0.2) is 0 Å². The molecule has 0 aromatic carbocycles. The van der Waals surface area contributed by atoms with Crippen molar-refractivity contribution in [3.05, 3.63) is 66.0 Å². The van der Waals surface area contributed by atoms with Gasteiger partial charge in [-0.3, -0.25) is 14.8 Å². The number of amides is 1. The topological polar surface area (TPSA) is 59.7 Å². The van der Waals surface area contributed by atoms with Crippen molar-refractivity contribution in [2.45, 2.75) is 13.3 Å². The van der Waals surface area contributed by atoms with Gasteiger partial charge >= 0.3 is 0 Å². The van der Waals surface area contributed by atoms with Crippen molar-refractivity contribution in [1.29, 1.82) is 0 Å². The molecule has 1 amide bonds. The second-order valence-electron chi connectivity index (χ2n) is 6.76. The number of aromatic nitrogens is 3. The first-order valence-electron chi connectivity index (χ1n) is 8.91. The van der Waals surface area contributed by atoms with Gasteiger partial charge in [-0.15, -0.1) is 0 Å². The smallest absolute Gasteiger partial charge is 0.255 e. The Morgan fingerprint density at radius 3 is 3.04 bits per heavy atom. The predicted molar refractivity (Wildman–Crippen MR) is 98.1 cm³/mol. The molecule has 1 aliphatic rings. The maximum absolute atomic E-state index is 12.8. The van der Waals surface area contributed by atoms with Crippen molar-refractivity contribution < 1.29 is 9.53 Å². The van der Waals surface area contributed by atoms with Crippen LogP contribution in [0.5, 0.6) is 0 Å². The van der Waals surface area contributed by atoms with Gasteiger partial charge in [0.2, 0.25) is 0 Å². The van der Waals surface area contributed by atoms with E-state index in [4.69, 9.17) is 4.74 Å². The summed E-state index contributed by atoms with van der Waals surface area (Å²) in [7, 11) is 0. The van der Waals surface area contributed by atoms with Crippen LogP contribution in [0.25, 0.3) is 5.52 Å². The van der Waals surface area contributed by atoms with Crippen molar-refractivity contribution in [3.63, 3.8) is 0 Å². The molecule has 3 aromatic rings. The van der Waals surface area contributed by atoms with Crippen LogP contribution in [-0.2, 0) is 11.2 Å². The molecule has 0 bridgehead atoms. The Bertz CT molecular complexity index is 904. The summed E-state index contributed by atoms with van der Waals surface area (Å²) in [6, 6.07) is 7.80. The Morgan fingerprint density at radius 1 is 1.27 bits per heavy atom. The number of carbonyl (C=O) groups excluding carboxylic acids is 1. The van der Waals surface area contributed by atoms with E-state index in [0.29, 0.717) is 31.9 Å². The second-order valence-corrected chi connectivity index (χ2v) is 6.76. The summed E-state index contributed by atoms with van der Waals surface area (Å²) in [5.41, 5.74) is 3.68. The van der Waals surface area contributed by atoms with E-state index >= 15 is 0 Å². The second kappa shape index (κ2) is 7.25. The van der Waals surface area contributed by atoms with Crippen LogP contribution < -0.4 is 0 Å². The Balaban J connectivity index is 1.51. The molecule has 26 heavy (non-hydrogen) atoms. The minimum atomic E-state index is 0.0156. The molecule has 1 fully saturated rings. The molecular formula is C20H22N4O2. The van der Waals surface area contributed by atoms with E-state index in [1.54, 1.807) is 6.20 Å². The lowest BCUT2D eigenvalue weighted by atomic mass is 10.0. The molecule has 0 N–H and O–H groups in total. The van der Waals surface area contributed by atoms with Gasteiger partial charge in [-0.2, -0.15) is 0 Å². The molecule has 6 heteroatoms. The molecule has 4 heterocycles. The van der Waals surface area contributed by atoms with Crippen LogP contribution in [-0.4, -0.2) is 51.5 Å². The third-order valence-corrected chi connectivity index (χ3v) is 4.80. The standard InChI is InChI=1S/C20H22N4O2/c1-15-4-5-17(12-22-15)20(25)24-9-10-26-14-16(13-24)11-18-19-3-2-7-23(19)8-6-21-18/h2-8,12,16H,9-11,13-14H2,1H3. The van der Waals surface area contributed by atoms with Crippen molar-refractivity contribution in [2.75, 3.05) is 26.3 Å². The number of carbonyl (C=O) groups is 1. The average Bonchev–Trinajstić information content (AvgIpc) is 3.02. The van der Waals surface area contributed by atoms with E-state index in [1.165, 1.54) is 0 Å². The summed E-state index contributed by atoms with van der Waals surface area (Å²) >= 11 is 0. The molecule has 3 aromatic heterocycles. The first-order valence-corrected chi connectivity index (χ1v) is 8.91. The Labute approximate surface area is 152 Å². The van der Waals surface area contributed by atoms with Crippen LogP contribution in [0.15, 0.2) is 49.1 Å². The average molecular weight is 350 g/mol. The lowest BCUT2D eigenvalue weighted by Gasteiger charge is -2.23. The number of hydrogen-bond acceptors (Lipinski definition) is 4. The van der Waals surface area contributed by atoms with Crippen LogP contribution in [0.4, 0.5) is 0 Å². The Hall–Kier alpha value is -2.73. The van der Waals surface area contributed by atoms with E-state index < -0.39 is 0 Å². The maximum Gasteiger partial charge on any atom is 0.255 e. The van der Waals surface area contributed by atoms with Crippen LogP contribution >= 0.6 is 0 Å². The largest absolute Gasteiger partial charge is 0.379 e. The third kappa shape index (κ3) is 3.46. The summed E-state index contributed by atoms with van der Waals surface area (Å²) in [4.78, 5) is 23.5. The fourth-order valence-corrected chi connectivity index (χ4v) is 3.43. The lowest BCUT2D eigenvalue weighted by Crippen LogP contribution is -2.36. The molecule has 1 unspecified atom stereocenters. The summed E-state index contributed by atoms with van der Waals surface area (Å²) < 4.78 is 7.83. The Morgan fingerprint density at radius 2 is 2.19 bits per heavy atom. The molecule has 1 atom stereocenters. The highest BCUT2D eigenvalue weighted by atomic mass is 16.5. The maximum atomic E-state index is 12.8. The molecule has 4 rings (SSSR count). The number of ether oxygens (including phenoxy) is 1. The van der Waals surface area contributed by atoms with Crippen molar-refractivity contribution in [1.82, 2.24) is 19.3 Å². The van der Waals surface area contributed by atoms with Gasteiger partial charge in [0, 0.05) is 49.5 Å². The highest BCUT2D eigenvalue weighted by Gasteiger charge is 2.24. The van der Waals surface area contributed by atoms with Crippen LogP contribution in [0, 0.1) is 12.8 Å². The minimum absolute atomic E-state index is 0.0156. The molecule has 0 saturated carbocycles. The highest BCUT2D eigenvalue weighted by molar-refractivity contribution is 5.94. The van der Waals surface area contributed by atoms with Crippen LogP contribution in [0.3, 0.4) is 0 Å². The van der Waals surface area contributed by atoms with Crippen LogP contribution in [0.2, 0.25) is 0 Å². The third-order valence-electron chi connectivity index (χ3n) is 4.80. The van der Waals surface area contributed by atoms with E-state index in [2.05, 4.69) is 20.4 Å². The van der Waals surface area contributed by atoms with Crippen molar-refractivity contribution in [2.24, 2.45) is 5.92 Å². The fraction of sp³-hybridized carbons (Fsp3) is 0.350. The molecule has 1 saturated heterocycles. The predicted octanol–water partition coefficient (Wildman–Crippen LogP) is 2.37. The summed E-state index contributed by atoms with van der Waals surface area (Å²) in [6.07, 6.45) is 8.22. The molecule has 0 aliphatic carbocycles. The van der Waals surface area contributed by atoms with E-state index in [1.807, 2.05) is 48.6 Å². The molecule has 6 nitrogen and oxygen atoms in total. The van der Waals surface area contributed by atoms with E-state index in [0.717, 1.165) is 23.3 Å². The van der Waals surface area contributed by atoms with Gasteiger partial charge in [0.15, 0.2) is 0 Å². The van der Waals surface area contributed by atoms with Gasteiger partial charge in [0.25, 0.3) is 5.91 Å². The summed E-state index contributed by atoms with van der Waals surface area (Å²) in [5.74, 6) is 0.232. The summed E-state index contributed by atoms with van der Waals surface area (Å²) in [6.45, 7) is 4.38. The van der Waals surface area contributed by atoms with Gasteiger partial charge in [-0.05, 0) is 37.6 Å². The van der Waals surface area contributed by atoms with E-state index in [-0.39, 0.29) is 11.8 Å². The zero-order chi connectivity index (χ0) is 17.9. The fourth-order valence-electron chi connectivity index (χ4n) is 3.43. The van der Waals surface area contributed by atoms with E-state index in [9.17, 15) is 4.79 Å². The molecule has 1 aliphatic heterocycles. The van der Waals surface area contributed by atoms with Gasteiger partial charge in [0.1, 0.15) is 0 Å². The lowest BCUT2D eigenvalue weighted by molar-refractivity contribution is 0.0737. The number of fused-ring (bicyclic) bond motifs is 1.